The number of thiophene rings is 1. The van der Waals surface area contributed by atoms with Gasteiger partial charge in [-0.1, -0.05) is 0 Å². The van der Waals surface area contributed by atoms with Crippen LogP contribution >= 0.6 is 11.3 Å². The second-order valence-electron chi connectivity index (χ2n) is 7.33. The molecule has 1 aliphatic heterocycles. The number of pyridine rings is 1. The summed E-state index contributed by atoms with van der Waals surface area (Å²) in [5.41, 5.74) is 4.42. The van der Waals surface area contributed by atoms with Gasteiger partial charge in [-0.15, -0.1) is 11.3 Å². The Hall–Kier alpha value is -1.83. The largest absolute Gasteiger partial charge is 0.385 e. The van der Waals surface area contributed by atoms with Crippen molar-refractivity contribution in [3.8, 4) is 0 Å². The monoisotopic (exact) mass is 372 g/mol. The molecule has 0 amide bonds. The summed E-state index contributed by atoms with van der Waals surface area (Å²) in [6, 6.07) is 0. The number of aromatic nitrogens is 3. The van der Waals surface area contributed by atoms with Gasteiger partial charge in [0.2, 0.25) is 0 Å². The molecule has 1 aliphatic rings. The minimum absolute atomic E-state index is 0.170. The van der Waals surface area contributed by atoms with E-state index in [9.17, 15) is 0 Å². The molecule has 138 valence electrons. The van der Waals surface area contributed by atoms with Crippen molar-refractivity contribution in [1.29, 1.82) is 0 Å². The van der Waals surface area contributed by atoms with E-state index in [-0.39, 0.29) is 5.60 Å². The lowest BCUT2D eigenvalue weighted by molar-refractivity contribution is -0.0400. The van der Waals surface area contributed by atoms with Gasteiger partial charge in [0.15, 0.2) is 0 Å². The van der Waals surface area contributed by atoms with Crippen LogP contribution in [0.3, 0.4) is 0 Å². The number of ether oxygens (including phenoxy) is 2. The third-order valence-corrected chi connectivity index (χ3v) is 5.93. The van der Waals surface area contributed by atoms with Crippen LogP contribution in [0.4, 0.5) is 5.82 Å². The van der Waals surface area contributed by atoms with Gasteiger partial charge in [-0.2, -0.15) is 0 Å². The predicted molar refractivity (Wildman–Crippen MR) is 105 cm³/mol. The van der Waals surface area contributed by atoms with Crippen molar-refractivity contribution >= 4 is 37.6 Å². The van der Waals surface area contributed by atoms with E-state index in [0.717, 1.165) is 52.6 Å². The summed E-state index contributed by atoms with van der Waals surface area (Å²) in [7, 11) is 1.72. The maximum atomic E-state index is 6.02. The molecule has 0 saturated carbocycles. The van der Waals surface area contributed by atoms with E-state index in [2.05, 4.69) is 36.1 Å². The molecule has 7 heteroatoms. The first-order valence-corrected chi connectivity index (χ1v) is 9.74. The van der Waals surface area contributed by atoms with Crippen molar-refractivity contribution in [2.24, 2.45) is 0 Å². The molecule has 0 radical (unpaired) electrons. The molecular formula is C19H24N4O2S. The molecule has 0 spiro atoms. The van der Waals surface area contributed by atoms with Crippen LogP contribution in [0, 0.1) is 6.92 Å². The molecule has 1 N–H and O–H groups in total. The van der Waals surface area contributed by atoms with Crippen LogP contribution < -0.4 is 5.32 Å². The van der Waals surface area contributed by atoms with Gasteiger partial charge in [-0.05, 0) is 32.8 Å². The Labute approximate surface area is 157 Å². The highest BCUT2D eigenvalue weighted by Gasteiger charge is 2.30. The van der Waals surface area contributed by atoms with Gasteiger partial charge in [0, 0.05) is 43.3 Å². The average Bonchev–Trinajstić information content (AvgIpc) is 2.97. The lowest BCUT2D eigenvalue weighted by atomic mass is 9.89. The summed E-state index contributed by atoms with van der Waals surface area (Å²) >= 11 is 1.67. The van der Waals surface area contributed by atoms with E-state index in [1.54, 1.807) is 24.8 Å². The Morgan fingerprint density at radius 2 is 2.15 bits per heavy atom. The first-order chi connectivity index (χ1) is 12.5. The van der Waals surface area contributed by atoms with E-state index in [1.165, 1.54) is 16.5 Å². The minimum Gasteiger partial charge on any atom is -0.385 e. The zero-order valence-electron chi connectivity index (χ0n) is 15.7. The number of methoxy groups -OCH3 is 1. The van der Waals surface area contributed by atoms with Crippen LogP contribution in [0.2, 0.25) is 0 Å². The molecular weight excluding hydrogens is 348 g/mol. The fourth-order valence-electron chi connectivity index (χ4n) is 3.52. The Balaban J connectivity index is 1.85. The van der Waals surface area contributed by atoms with Crippen molar-refractivity contribution in [2.45, 2.75) is 45.8 Å². The molecule has 0 bridgehead atoms. The number of hydrogen-bond donors (Lipinski definition) is 1. The molecule has 0 aromatic carbocycles. The Morgan fingerprint density at radius 1 is 1.31 bits per heavy atom. The van der Waals surface area contributed by atoms with E-state index in [1.807, 2.05) is 0 Å². The quantitative estimate of drug-likeness (QED) is 0.686. The summed E-state index contributed by atoms with van der Waals surface area (Å²) in [5, 5.41) is 4.59. The lowest BCUT2D eigenvalue weighted by Crippen LogP contribution is -2.32. The number of hydrogen-bond acceptors (Lipinski definition) is 7. The molecule has 0 atom stereocenters. The molecule has 0 aliphatic carbocycles. The molecule has 4 heterocycles. The second-order valence-corrected chi connectivity index (χ2v) is 8.33. The summed E-state index contributed by atoms with van der Waals surface area (Å²) in [4.78, 5) is 15.0. The van der Waals surface area contributed by atoms with Crippen LogP contribution in [0.15, 0.2) is 6.33 Å². The number of nitrogens with one attached hydrogen (secondary N) is 1. The molecule has 0 saturated heterocycles. The number of rotatable bonds is 5. The van der Waals surface area contributed by atoms with E-state index in [4.69, 9.17) is 14.5 Å². The molecule has 0 fully saturated rings. The Bertz CT molecular complexity index is 967. The predicted octanol–water partition coefficient (Wildman–Crippen LogP) is 3.85. The number of aryl methyl sites for hydroxylation is 1. The van der Waals surface area contributed by atoms with Crippen LogP contribution in [0.25, 0.3) is 20.4 Å². The van der Waals surface area contributed by atoms with Crippen LogP contribution in [0.1, 0.15) is 37.1 Å². The third kappa shape index (κ3) is 3.04. The summed E-state index contributed by atoms with van der Waals surface area (Å²) in [6.45, 7) is 8.52. The van der Waals surface area contributed by atoms with Gasteiger partial charge in [0.05, 0.1) is 22.4 Å². The van der Waals surface area contributed by atoms with Crippen LogP contribution in [-0.4, -0.2) is 40.8 Å². The van der Waals surface area contributed by atoms with Gasteiger partial charge in [0.1, 0.15) is 17.0 Å². The van der Waals surface area contributed by atoms with Crippen LogP contribution in [0.5, 0.6) is 0 Å². The maximum absolute atomic E-state index is 6.02. The Kier molecular flexibility index (Phi) is 4.54. The average molecular weight is 372 g/mol. The fourth-order valence-corrected chi connectivity index (χ4v) is 4.69. The van der Waals surface area contributed by atoms with Gasteiger partial charge in [-0.25, -0.2) is 15.0 Å². The highest BCUT2D eigenvalue weighted by Crippen LogP contribution is 2.41. The summed E-state index contributed by atoms with van der Waals surface area (Å²) in [5.74, 6) is 0.881. The lowest BCUT2D eigenvalue weighted by Gasteiger charge is -2.32. The number of nitrogens with zero attached hydrogens (tertiary/aromatic N) is 3. The molecule has 0 unspecified atom stereocenters. The molecule has 4 rings (SSSR count). The van der Waals surface area contributed by atoms with Gasteiger partial charge >= 0.3 is 0 Å². The fraction of sp³-hybridized carbons (Fsp3) is 0.526. The summed E-state index contributed by atoms with van der Waals surface area (Å²) < 4.78 is 12.2. The van der Waals surface area contributed by atoms with E-state index >= 15 is 0 Å². The first kappa shape index (κ1) is 17.6. The van der Waals surface area contributed by atoms with Crippen molar-refractivity contribution < 1.29 is 9.47 Å². The standard InChI is InChI=1S/C19H24N4O2S/c1-11-13-9-25-19(2,3)8-12(13)14-15-16(26-18(14)23-11)17(22-10-21-15)20-6-5-7-24-4/h10H,5-9H2,1-4H3,(H,20,21,22). The number of anilines is 1. The topological polar surface area (TPSA) is 69.2 Å². The molecule has 26 heavy (non-hydrogen) atoms. The van der Waals surface area contributed by atoms with E-state index < -0.39 is 0 Å². The van der Waals surface area contributed by atoms with Crippen LogP contribution in [-0.2, 0) is 22.5 Å². The SMILES string of the molecule is COCCCNc1ncnc2c1sc1nc(C)c3c(c12)CC(C)(C)OC3. The normalized spacial score (nSPS) is 16.2. The van der Waals surface area contributed by atoms with Gasteiger partial charge in [0.25, 0.3) is 0 Å². The van der Waals surface area contributed by atoms with Crippen molar-refractivity contribution in [1.82, 2.24) is 15.0 Å². The summed E-state index contributed by atoms with van der Waals surface area (Å²) in [6.07, 6.45) is 3.45. The van der Waals surface area contributed by atoms with Crippen molar-refractivity contribution in [3.05, 3.63) is 23.1 Å². The smallest absolute Gasteiger partial charge is 0.147 e. The second kappa shape index (κ2) is 6.72. The third-order valence-electron chi connectivity index (χ3n) is 4.85. The minimum atomic E-state index is -0.170. The highest BCUT2D eigenvalue weighted by atomic mass is 32.1. The number of fused-ring (bicyclic) bond motifs is 5. The molecule has 3 aromatic rings. The van der Waals surface area contributed by atoms with E-state index in [0.29, 0.717) is 6.61 Å². The maximum Gasteiger partial charge on any atom is 0.147 e. The molecule has 6 nitrogen and oxygen atoms in total. The molecule has 3 aromatic heterocycles. The Morgan fingerprint density at radius 3 is 2.96 bits per heavy atom. The van der Waals surface area contributed by atoms with Crippen molar-refractivity contribution in [2.75, 3.05) is 25.6 Å². The first-order valence-electron chi connectivity index (χ1n) is 8.92. The highest BCUT2D eigenvalue weighted by molar-refractivity contribution is 7.26. The van der Waals surface area contributed by atoms with Crippen molar-refractivity contribution in [3.63, 3.8) is 0 Å². The zero-order valence-corrected chi connectivity index (χ0v) is 16.5. The van der Waals surface area contributed by atoms with Gasteiger partial charge < -0.3 is 14.8 Å². The van der Waals surface area contributed by atoms with Gasteiger partial charge in [-0.3, -0.25) is 0 Å². The zero-order chi connectivity index (χ0) is 18.3.